The van der Waals surface area contributed by atoms with E-state index in [-0.39, 0.29) is 16.2 Å². The molecule has 7 atom stereocenters. The predicted octanol–water partition coefficient (Wildman–Crippen LogP) is 20.3. The van der Waals surface area contributed by atoms with Crippen LogP contribution in [0.1, 0.15) is 109 Å². The van der Waals surface area contributed by atoms with Crippen molar-refractivity contribution in [2.75, 3.05) is 4.90 Å². The van der Waals surface area contributed by atoms with Crippen LogP contribution in [0.2, 0.25) is 0 Å². The lowest BCUT2D eigenvalue weighted by molar-refractivity contribution is 0.0565. The summed E-state index contributed by atoms with van der Waals surface area (Å²) in [5.41, 5.74) is 25.4. The fourth-order valence-electron chi connectivity index (χ4n) is 18.3. The molecule has 0 saturated heterocycles. The predicted molar refractivity (Wildman–Crippen MR) is 321 cm³/mol. The Bertz CT molecular complexity index is 4200. The summed E-state index contributed by atoms with van der Waals surface area (Å²) in [6, 6.07) is 92.1. The van der Waals surface area contributed by atoms with Crippen LogP contribution in [0, 0.1) is 5.92 Å². The van der Waals surface area contributed by atoms with Crippen LogP contribution >= 0.6 is 0 Å². The Morgan fingerprint density at radius 3 is 1.41 bits per heavy atom. The Labute approximate surface area is 458 Å². The van der Waals surface area contributed by atoms with Crippen LogP contribution in [0.25, 0.3) is 66.4 Å². The van der Waals surface area contributed by atoms with Crippen molar-refractivity contribution in [1.82, 2.24) is 0 Å². The van der Waals surface area contributed by atoms with Gasteiger partial charge in [0.1, 0.15) is 11.2 Å². The molecule has 6 aliphatic carbocycles. The summed E-state index contributed by atoms with van der Waals surface area (Å²) in [6.45, 7) is 0. The highest BCUT2D eigenvalue weighted by Gasteiger charge is 2.68. The van der Waals surface area contributed by atoms with Crippen LogP contribution in [0.15, 0.2) is 241 Å². The van der Waals surface area contributed by atoms with E-state index in [1.54, 1.807) is 27.8 Å². The van der Waals surface area contributed by atoms with Gasteiger partial charge in [-0.2, -0.15) is 0 Å². The minimum absolute atomic E-state index is 0.106. The average molecular weight is 1000 g/mol. The SMILES string of the molecule is c1ccc(-c2ccc(N(c3ccc4c(c3)C35CCC(CC67CC(CCC8(CCC(C3)c3ccccc3-c3ccccc38)C56)c3ccccc3-c3ccccc37)c3ccccc3-4)c3ccc4c(c3)oc3ccccc34)cc2)cc1. The number of anilines is 3. The maximum Gasteiger partial charge on any atom is 0.137 e. The molecule has 6 bridgehead atoms. The molecule has 3 fully saturated rings. The van der Waals surface area contributed by atoms with E-state index in [4.69, 9.17) is 4.42 Å². The highest BCUT2D eigenvalue weighted by atomic mass is 16.3. The van der Waals surface area contributed by atoms with Crippen molar-refractivity contribution in [2.45, 2.75) is 91.8 Å². The van der Waals surface area contributed by atoms with Gasteiger partial charge in [0, 0.05) is 50.1 Å². The molecule has 3 saturated carbocycles. The van der Waals surface area contributed by atoms with Crippen LogP contribution in [-0.2, 0) is 16.2 Å². The summed E-state index contributed by atoms with van der Waals surface area (Å²) >= 11 is 0. The molecule has 0 aliphatic heterocycles. The summed E-state index contributed by atoms with van der Waals surface area (Å²) in [4.78, 5) is 2.54. The van der Waals surface area contributed by atoms with E-state index in [1.165, 1.54) is 87.9 Å². The molecule has 2 heteroatoms. The largest absolute Gasteiger partial charge is 0.456 e. The molecular formula is C76H61NO. The van der Waals surface area contributed by atoms with Gasteiger partial charge < -0.3 is 9.32 Å². The zero-order chi connectivity index (χ0) is 51.2. The Hall–Kier alpha value is -8.20. The van der Waals surface area contributed by atoms with Gasteiger partial charge in [0.15, 0.2) is 0 Å². The van der Waals surface area contributed by atoms with E-state index in [9.17, 15) is 0 Å². The Kier molecular flexibility index (Phi) is 9.72. The third-order valence-electron chi connectivity index (χ3n) is 21.0. The van der Waals surface area contributed by atoms with Crippen LogP contribution in [0.4, 0.5) is 17.1 Å². The van der Waals surface area contributed by atoms with E-state index in [0.717, 1.165) is 59.0 Å². The van der Waals surface area contributed by atoms with Crippen LogP contribution in [-0.4, -0.2) is 0 Å². The number of para-hydroxylation sites is 1. The normalized spacial score (nSPS) is 24.9. The third kappa shape index (κ3) is 6.32. The van der Waals surface area contributed by atoms with Crippen molar-refractivity contribution in [3.63, 3.8) is 0 Å². The molecule has 0 amide bonds. The lowest BCUT2D eigenvalue weighted by atomic mass is 9.44. The second-order valence-electron chi connectivity index (χ2n) is 24.3. The maximum atomic E-state index is 6.73. The Morgan fingerprint density at radius 1 is 0.321 bits per heavy atom. The van der Waals surface area contributed by atoms with Gasteiger partial charge in [-0.05, 0) is 202 Å². The Balaban J connectivity index is 0.991. The molecule has 0 radical (unpaired) electrons. The molecule has 1 aromatic heterocycles. The number of benzene rings is 10. The zero-order valence-corrected chi connectivity index (χ0v) is 44.0. The van der Waals surface area contributed by atoms with E-state index in [2.05, 4.69) is 241 Å². The minimum Gasteiger partial charge on any atom is -0.456 e. The fourth-order valence-corrected chi connectivity index (χ4v) is 18.3. The molecule has 78 heavy (non-hydrogen) atoms. The van der Waals surface area contributed by atoms with Crippen molar-refractivity contribution in [3.05, 3.63) is 270 Å². The summed E-state index contributed by atoms with van der Waals surface area (Å²) in [5, 5.41) is 2.29. The molecule has 376 valence electrons. The van der Waals surface area contributed by atoms with Gasteiger partial charge in [-0.25, -0.2) is 0 Å². The molecule has 1 heterocycles. The maximum absolute atomic E-state index is 6.73. The standard InChI is InChI=1S/C76H61NO/c1-2-16-49(17-3-1)50-30-32-54(33-31-50)77(56-35-37-67-66-26-12-15-29-71(66)78-72(67)45-56)55-34-36-65-62-23-9-6-20-59(62)53-40-43-75(70(65)44-55)46-51-38-41-74(68-27-13-10-24-63(68)60-21-7-4-18-57(51)60)42-39-52-47-76(48-53,73(74)75)69-28-14-11-25-64(69)61-22-8-5-19-58(52)61/h1-37,44-45,51-53,73H,38-43,46-48H2. The van der Waals surface area contributed by atoms with Crippen molar-refractivity contribution in [1.29, 1.82) is 0 Å². The Morgan fingerprint density at radius 2 is 0.769 bits per heavy atom. The van der Waals surface area contributed by atoms with Crippen molar-refractivity contribution >= 4 is 39.0 Å². The van der Waals surface area contributed by atoms with Crippen molar-refractivity contribution in [3.8, 4) is 44.5 Å². The molecule has 2 nitrogen and oxygen atoms in total. The van der Waals surface area contributed by atoms with Crippen LogP contribution in [0.3, 0.4) is 0 Å². The van der Waals surface area contributed by atoms with Crippen molar-refractivity contribution in [2.24, 2.45) is 5.92 Å². The molecule has 11 aromatic rings. The number of hydrogen-bond donors (Lipinski definition) is 0. The van der Waals surface area contributed by atoms with Crippen LogP contribution < -0.4 is 4.90 Å². The summed E-state index contributed by atoms with van der Waals surface area (Å²) in [5.74, 6) is 1.54. The fraction of sp³-hybridized carbons (Fsp3) is 0.211. The van der Waals surface area contributed by atoms with Gasteiger partial charge >= 0.3 is 0 Å². The first kappa shape index (κ1) is 44.9. The second-order valence-corrected chi connectivity index (χ2v) is 24.3. The number of fused-ring (bicyclic) bond motifs is 20. The van der Waals surface area contributed by atoms with E-state index in [1.807, 2.05) is 0 Å². The van der Waals surface area contributed by atoms with Gasteiger partial charge in [0.25, 0.3) is 0 Å². The molecule has 17 rings (SSSR count). The average Bonchev–Trinajstić information content (AvgIpc) is 3.85. The van der Waals surface area contributed by atoms with E-state index >= 15 is 0 Å². The summed E-state index contributed by atoms with van der Waals surface area (Å²) < 4.78 is 6.73. The number of furan rings is 1. The molecular weight excluding hydrogens is 943 g/mol. The monoisotopic (exact) mass is 1000 g/mol. The van der Waals surface area contributed by atoms with Crippen molar-refractivity contribution < 1.29 is 4.42 Å². The number of rotatable bonds is 4. The zero-order valence-electron chi connectivity index (χ0n) is 44.0. The highest BCUT2D eigenvalue weighted by molar-refractivity contribution is 6.06. The van der Waals surface area contributed by atoms with Gasteiger partial charge in [-0.1, -0.05) is 188 Å². The topological polar surface area (TPSA) is 16.4 Å². The van der Waals surface area contributed by atoms with Gasteiger partial charge in [0.2, 0.25) is 0 Å². The molecule has 10 aromatic carbocycles. The van der Waals surface area contributed by atoms with E-state index in [0.29, 0.717) is 23.7 Å². The first-order valence-corrected chi connectivity index (χ1v) is 29.1. The minimum atomic E-state index is -0.219. The molecule has 0 N–H and O–H groups in total. The summed E-state index contributed by atoms with van der Waals surface area (Å²) in [6.07, 6.45) is 10.5. The third-order valence-corrected chi connectivity index (χ3v) is 21.0. The lowest BCUT2D eigenvalue weighted by Gasteiger charge is -2.58. The number of nitrogens with zero attached hydrogens (tertiary/aromatic N) is 1. The van der Waals surface area contributed by atoms with Gasteiger partial charge in [-0.15, -0.1) is 0 Å². The lowest BCUT2D eigenvalue weighted by Crippen LogP contribution is -2.56. The molecule has 3 spiro atoms. The highest BCUT2D eigenvalue weighted by Crippen LogP contribution is 2.75. The van der Waals surface area contributed by atoms with Gasteiger partial charge in [-0.3, -0.25) is 0 Å². The van der Waals surface area contributed by atoms with Crippen LogP contribution in [0.5, 0.6) is 0 Å². The molecule has 6 aliphatic rings. The first-order chi connectivity index (χ1) is 38.6. The second kappa shape index (κ2) is 16.9. The summed E-state index contributed by atoms with van der Waals surface area (Å²) in [7, 11) is 0. The first-order valence-electron chi connectivity index (χ1n) is 29.1. The van der Waals surface area contributed by atoms with Gasteiger partial charge in [0.05, 0.1) is 0 Å². The number of hydrogen-bond acceptors (Lipinski definition) is 2. The quantitative estimate of drug-likeness (QED) is 0.175. The van der Waals surface area contributed by atoms with E-state index < -0.39 is 0 Å². The molecule has 7 unspecified atom stereocenters. The smallest absolute Gasteiger partial charge is 0.137 e.